The number of halogens is 3. The molecule has 3 aromatic carbocycles. The highest BCUT2D eigenvalue weighted by Gasteiger charge is 2.21. The SMILES string of the molecule is CCN(CC)S(=O)(=O)Cc1cccc(Oc2cc(F)cc(Cc3ccc(I)cc3F)c2C(N)=O)c1. The Morgan fingerprint density at radius 2 is 1.74 bits per heavy atom. The van der Waals surface area contributed by atoms with Gasteiger partial charge in [-0.15, -0.1) is 0 Å². The van der Waals surface area contributed by atoms with Gasteiger partial charge in [-0.3, -0.25) is 4.79 Å². The van der Waals surface area contributed by atoms with E-state index in [1.807, 2.05) is 22.6 Å². The van der Waals surface area contributed by atoms with Gasteiger partial charge < -0.3 is 10.5 Å². The number of nitrogens with two attached hydrogens (primary N) is 1. The highest BCUT2D eigenvalue weighted by atomic mass is 127. The zero-order valence-corrected chi connectivity index (χ0v) is 22.2. The Labute approximate surface area is 217 Å². The van der Waals surface area contributed by atoms with E-state index in [-0.39, 0.29) is 40.4 Å². The smallest absolute Gasteiger partial charge is 0.252 e. The number of rotatable bonds is 10. The van der Waals surface area contributed by atoms with E-state index in [4.69, 9.17) is 10.5 Å². The lowest BCUT2D eigenvalue weighted by Crippen LogP contribution is -2.31. The van der Waals surface area contributed by atoms with Crippen molar-refractivity contribution >= 4 is 38.5 Å². The Bertz CT molecular complexity index is 1350. The molecule has 0 saturated carbocycles. The number of nitrogens with zero attached hydrogens (tertiary/aromatic N) is 1. The maximum absolute atomic E-state index is 14.5. The number of sulfonamides is 1. The van der Waals surface area contributed by atoms with Crippen LogP contribution in [0.3, 0.4) is 0 Å². The summed E-state index contributed by atoms with van der Waals surface area (Å²) >= 11 is 1.98. The first-order chi connectivity index (χ1) is 16.5. The van der Waals surface area contributed by atoms with Crippen LogP contribution in [0.2, 0.25) is 0 Å². The van der Waals surface area contributed by atoms with Gasteiger partial charge in [0.2, 0.25) is 10.0 Å². The predicted octanol–water partition coefficient (Wildman–Crippen LogP) is 5.22. The predicted molar refractivity (Wildman–Crippen MR) is 139 cm³/mol. The summed E-state index contributed by atoms with van der Waals surface area (Å²) in [6.07, 6.45) is -0.0721. The second-order valence-electron chi connectivity index (χ2n) is 7.80. The number of ether oxygens (including phenoxy) is 1. The molecule has 35 heavy (non-hydrogen) atoms. The molecule has 0 radical (unpaired) electrons. The molecule has 0 saturated heterocycles. The maximum Gasteiger partial charge on any atom is 0.252 e. The van der Waals surface area contributed by atoms with E-state index in [1.165, 1.54) is 16.4 Å². The molecular formula is C25H25F2IN2O4S. The molecule has 3 rings (SSSR count). The molecule has 0 atom stereocenters. The van der Waals surface area contributed by atoms with E-state index in [9.17, 15) is 22.0 Å². The van der Waals surface area contributed by atoms with Gasteiger partial charge in [0.15, 0.2) is 0 Å². The fraction of sp³-hybridized carbons (Fsp3) is 0.240. The molecule has 0 unspecified atom stereocenters. The first-order valence-electron chi connectivity index (χ1n) is 10.8. The lowest BCUT2D eigenvalue weighted by molar-refractivity contribution is 0.0997. The highest BCUT2D eigenvalue weighted by Crippen LogP contribution is 2.31. The summed E-state index contributed by atoms with van der Waals surface area (Å²) in [6.45, 7) is 4.22. The van der Waals surface area contributed by atoms with Crippen LogP contribution in [0.25, 0.3) is 0 Å². The summed E-state index contributed by atoms with van der Waals surface area (Å²) in [4.78, 5) is 12.3. The van der Waals surface area contributed by atoms with Crippen molar-refractivity contribution in [1.29, 1.82) is 0 Å². The van der Waals surface area contributed by atoms with Crippen molar-refractivity contribution < 1.29 is 26.7 Å². The zero-order chi connectivity index (χ0) is 25.8. The molecule has 1 amide bonds. The summed E-state index contributed by atoms with van der Waals surface area (Å²) in [7, 11) is -3.53. The number of carbonyl (C=O) groups is 1. The normalized spacial score (nSPS) is 11.6. The van der Waals surface area contributed by atoms with Crippen molar-refractivity contribution in [2.75, 3.05) is 13.1 Å². The molecule has 0 bridgehead atoms. The average Bonchev–Trinajstić information content (AvgIpc) is 2.75. The second-order valence-corrected chi connectivity index (χ2v) is 11.0. The van der Waals surface area contributed by atoms with Crippen molar-refractivity contribution in [3.8, 4) is 11.5 Å². The largest absolute Gasteiger partial charge is 0.456 e. The van der Waals surface area contributed by atoms with Gasteiger partial charge in [0.05, 0.1) is 11.3 Å². The first-order valence-corrected chi connectivity index (χ1v) is 13.5. The summed E-state index contributed by atoms with van der Waals surface area (Å²) in [5, 5.41) is 0. The van der Waals surface area contributed by atoms with Crippen molar-refractivity contribution in [1.82, 2.24) is 4.31 Å². The molecule has 0 heterocycles. The second kappa shape index (κ2) is 11.4. The lowest BCUT2D eigenvalue weighted by Gasteiger charge is -2.19. The number of hydrogen-bond acceptors (Lipinski definition) is 4. The molecular weight excluding hydrogens is 589 g/mol. The molecule has 2 N–H and O–H groups in total. The van der Waals surface area contributed by atoms with Crippen LogP contribution in [-0.4, -0.2) is 31.7 Å². The molecule has 6 nitrogen and oxygen atoms in total. The minimum Gasteiger partial charge on any atom is -0.456 e. The monoisotopic (exact) mass is 614 g/mol. The highest BCUT2D eigenvalue weighted by molar-refractivity contribution is 14.1. The van der Waals surface area contributed by atoms with Gasteiger partial charge in [0, 0.05) is 29.1 Å². The van der Waals surface area contributed by atoms with Crippen LogP contribution < -0.4 is 10.5 Å². The number of benzene rings is 3. The van der Waals surface area contributed by atoms with E-state index in [0.717, 1.165) is 12.1 Å². The minimum absolute atomic E-state index is 0.0721. The summed E-state index contributed by atoms with van der Waals surface area (Å²) in [5.74, 6) is -2.21. The molecule has 0 aliphatic carbocycles. The van der Waals surface area contributed by atoms with E-state index < -0.39 is 27.6 Å². The number of primary amides is 1. The fourth-order valence-electron chi connectivity index (χ4n) is 3.75. The van der Waals surface area contributed by atoms with E-state index in [1.54, 1.807) is 44.2 Å². The van der Waals surface area contributed by atoms with Crippen molar-refractivity contribution in [2.45, 2.75) is 26.0 Å². The van der Waals surface area contributed by atoms with Gasteiger partial charge >= 0.3 is 0 Å². The van der Waals surface area contributed by atoms with Crippen LogP contribution in [0.5, 0.6) is 11.5 Å². The van der Waals surface area contributed by atoms with Crippen molar-refractivity contribution in [2.24, 2.45) is 5.73 Å². The number of carbonyl (C=O) groups excluding carboxylic acids is 1. The lowest BCUT2D eigenvalue weighted by atomic mass is 9.98. The third-order valence-corrected chi connectivity index (χ3v) is 8.04. The van der Waals surface area contributed by atoms with Crippen LogP contribution in [0.1, 0.15) is 40.9 Å². The van der Waals surface area contributed by atoms with Crippen LogP contribution in [0.15, 0.2) is 54.6 Å². The summed E-state index contributed by atoms with van der Waals surface area (Å²) in [6, 6.07) is 13.1. The van der Waals surface area contributed by atoms with Gasteiger partial charge in [-0.05, 0) is 69.6 Å². The summed E-state index contributed by atoms with van der Waals surface area (Å²) < 4.78 is 62.0. The Morgan fingerprint density at radius 3 is 2.37 bits per heavy atom. The van der Waals surface area contributed by atoms with Crippen molar-refractivity contribution in [3.63, 3.8) is 0 Å². The molecule has 10 heteroatoms. The Balaban J connectivity index is 1.96. The van der Waals surface area contributed by atoms with Crippen LogP contribution in [0.4, 0.5) is 8.78 Å². The molecule has 3 aromatic rings. The Morgan fingerprint density at radius 1 is 1.03 bits per heavy atom. The van der Waals surface area contributed by atoms with E-state index >= 15 is 0 Å². The molecule has 0 fully saturated rings. The van der Waals surface area contributed by atoms with Crippen molar-refractivity contribution in [3.05, 3.63) is 92.1 Å². The molecule has 0 spiro atoms. The third-order valence-electron chi connectivity index (χ3n) is 5.37. The average molecular weight is 614 g/mol. The van der Waals surface area contributed by atoms with Gasteiger partial charge in [-0.25, -0.2) is 21.5 Å². The molecule has 0 aromatic heterocycles. The standard InChI is InChI=1S/C25H25F2IN2O4S/c1-3-30(4-2)35(32,33)15-16-6-5-7-21(10-16)34-23-13-19(26)12-18(24(23)25(29)31)11-17-8-9-20(28)14-22(17)27/h5-10,12-14H,3-4,11,15H2,1-2H3,(H2,29,31). The van der Waals surface area contributed by atoms with Gasteiger partial charge in [-0.1, -0.05) is 32.0 Å². The van der Waals surface area contributed by atoms with Crippen LogP contribution >= 0.6 is 22.6 Å². The number of hydrogen-bond donors (Lipinski definition) is 1. The van der Waals surface area contributed by atoms with E-state index in [2.05, 4.69) is 0 Å². The Kier molecular flexibility index (Phi) is 8.84. The Hall–Kier alpha value is -2.57. The maximum atomic E-state index is 14.5. The molecule has 0 aliphatic rings. The van der Waals surface area contributed by atoms with Gasteiger partial charge in [0.25, 0.3) is 5.91 Å². The quantitative estimate of drug-likeness (QED) is 0.317. The van der Waals surface area contributed by atoms with Gasteiger partial charge in [-0.2, -0.15) is 0 Å². The zero-order valence-electron chi connectivity index (χ0n) is 19.2. The first kappa shape index (κ1) is 27.0. The summed E-state index contributed by atoms with van der Waals surface area (Å²) in [5.41, 5.74) is 6.42. The minimum atomic E-state index is -3.53. The van der Waals surface area contributed by atoms with Gasteiger partial charge in [0.1, 0.15) is 23.1 Å². The van der Waals surface area contributed by atoms with E-state index in [0.29, 0.717) is 22.2 Å². The number of amides is 1. The molecule has 186 valence electrons. The topological polar surface area (TPSA) is 89.7 Å². The third kappa shape index (κ3) is 6.77. The van der Waals surface area contributed by atoms with Crippen LogP contribution in [-0.2, 0) is 22.2 Å². The van der Waals surface area contributed by atoms with Crippen LogP contribution in [0, 0.1) is 15.2 Å². The molecule has 0 aliphatic heterocycles. The fourth-order valence-corrected chi connectivity index (χ4v) is 5.77.